The van der Waals surface area contributed by atoms with Crippen molar-refractivity contribution in [2.45, 2.75) is 109 Å². The zero-order valence-electron chi connectivity index (χ0n) is 19.5. The summed E-state index contributed by atoms with van der Waals surface area (Å²) in [6.45, 7) is 2.27. The summed E-state index contributed by atoms with van der Waals surface area (Å²) in [7, 11) is 0. The molecule has 2 saturated carbocycles. The molecule has 3 rings (SSSR count). The van der Waals surface area contributed by atoms with E-state index in [1.54, 1.807) is 0 Å². The standard InChI is InChI=1S/C27H39F5/c1-2-3-4-19-5-7-20(8-6-19)9-10-21-11-13-22(14-12-21)15-16-23-17-24(28)26(25(29)18-23)27(30,31)32/h17-22H,2-16H2,1H3. The molecule has 2 aliphatic rings. The van der Waals surface area contributed by atoms with Crippen LogP contribution in [0.1, 0.15) is 108 Å². The van der Waals surface area contributed by atoms with E-state index in [1.807, 2.05) is 0 Å². The van der Waals surface area contributed by atoms with Crippen molar-refractivity contribution < 1.29 is 22.0 Å². The Hall–Kier alpha value is -1.13. The topological polar surface area (TPSA) is 0 Å². The second kappa shape index (κ2) is 11.8. The molecule has 0 amide bonds. The molecule has 0 aromatic heterocycles. The first-order valence-corrected chi connectivity index (χ1v) is 12.8. The summed E-state index contributed by atoms with van der Waals surface area (Å²) >= 11 is 0. The van der Waals surface area contributed by atoms with Crippen molar-refractivity contribution in [1.82, 2.24) is 0 Å². The van der Waals surface area contributed by atoms with Gasteiger partial charge in [0, 0.05) is 0 Å². The van der Waals surface area contributed by atoms with E-state index in [-0.39, 0.29) is 0 Å². The highest BCUT2D eigenvalue weighted by Gasteiger charge is 2.38. The fourth-order valence-corrected chi connectivity index (χ4v) is 5.99. The summed E-state index contributed by atoms with van der Waals surface area (Å²) in [6, 6.07) is 1.71. The monoisotopic (exact) mass is 458 g/mol. The van der Waals surface area contributed by atoms with E-state index in [0.717, 1.165) is 49.1 Å². The average Bonchev–Trinajstić information content (AvgIpc) is 2.75. The average molecular weight is 459 g/mol. The molecule has 0 bridgehead atoms. The largest absolute Gasteiger partial charge is 0.422 e. The molecule has 0 nitrogen and oxygen atoms in total. The van der Waals surface area contributed by atoms with Gasteiger partial charge in [-0.3, -0.25) is 0 Å². The van der Waals surface area contributed by atoms with Gasteiger partial charge in [-0.1, -0.05) is 90.4 Å². The van der Waals surface area contributed by atoms with Gasteiger partial charge in [0.1, 0.15) is 17.2 Å². The fourth-order valence-electron chi connectivity index (χ4n) is 5.99. The number of unbranched alkanes of at least 4 members (excludes halogenated alkanes) is 1. The van der Waals surface area contributed by atoms with Crippen LogP contribution in [0.4, 0.5) is 22.0 Å². The smallest absolute Gasteiger partial charge is 0.206 e. The first-order valence-electron chi connectivity index (χ1n) is 12.8. The van der Waals surface area contributed by atoms with Gasteiger partial charge in [0.15, 0.2) is 0 Å². The van der Waals surface area contributed by atoms with Crippen molar-refractivity contribution in [3.8, 4) is 0 Å². The number of rotatable bonds is 9. The predicted molar refractivity (Wildman–Crippen MR) is 119 cm³/mol. The summed E-state index contributed by atoms with van der Waals surface area (Å²) in [6.07, 6.45) is 13.3. The van der Waals surface area contributed by atoms with Crippen molar-refractivity contribution in [3.05, 3.63) is 34.9 Å². The minimum Gasteiger partial charge on any atom is -0.206 e. The maximum absolute atomic E-state index is 13.8. The van der Waals surface area contributed by atoms with E-state index in [0.29, 0.717) is 17.9 Å². The molecular formula is C27H39F5. The molecule has 0 aliphatic heterocycles. The molecule has 0 radical (unpaired) electrons. The molecule has 2 fully saturated rings. The first kappa shape index (κ1) is 25.5. The fraction of sp³-hybridized carbons (Fsp3) is 0.778. The minimum atomic E-state index is -5.00. The third kappa shape index (κ3) is 7.45. The maximum Gasteiger partial charge on any atom is 0.422 e. The molecule has 1 aromatic carbocycles. The van der Waals surface area contributed by atoms with Crippen LogP contribution in [-0.4, -0.2) is 0 Å². The Labute approximate surface area is 190 Å². The lowest BCUT2D eigenvalue weighted by atomic mass is 9.74. The Morgan fingerprint density at radius 2 is 1.09 bits per heavy atom. The number of benzene rings is 1. The molecule has 2 aliphatic carbocycles. The summed E-state index contributed by atoms with van der Waals surface area (Å²) in [5.74, 6) is 0.174. The molecule has 0 atom stereocenters. The van der Waals surface area contributed by atoms with Crippen LogP contribution in [-0.2, 0) is 12.6 Å². The zero-order valence-corrected chi connectivity index (χ0v) is 19.5. The number of hydrogen-bond donors (Lipinski definition) is 0. The number of aryl methyl sites for hydroxylation is 1. The van der Waals surface area contributed by atoms with E-state index in [1.165, 1.54) is 70.6 Å². The van der Waals surface area contributed by atoms with Crippen molar-refractivity contribution in [2.24, 2.45) is 23.7 Å². The van der Waals surface area contributed by atoms with Gasteiger partial charge in [0.05, 0.1) is 0 Å². The normalized spacial score (nSPS) is 26.9. The van der Waals surface area contributed by atoms with Gasteiger partial charge in [-0.15, -0.1) is 0 Å². The highest BCUT2D eigenvalue weighted by atomic mass is 19.4. The predicted octanol–water partition coefficient (Wildman–Crippen LogP) is 9.50. The molecule has 182 valence electrons. The molecule has 0 heterocycles. The SMILES string of the molecule is CCCCC1CCC(CCC2CCC(CCc3cc(F)c(C(F)(F)F)c(F)c3)CC2)CC1. The van der Waals surface area contributed by atoms with Gasteiger partial charge in [-0.25, -0.2) is 8.78 Å². The van der Waals surface area contributed by atoms with Crippen LogP contribution in [0.25, 0.3) is 0 Å². The molecule has 5 heteroatoms. The Morgan fingerprint density at radius 1 is 0.688 bits per heavy atom. The Bertz CT molecular complexity index is 671. The number of alkyl halides is 3. The lowest BCUT2D eigenvalue weighted by molar-refractivity contribution is -0.142. The number of halogens is 5. The third-order valence-electron chi connectivity index (χ3n) is 8.11. The quantitative estimate of drug-likeness (QED) is 0.323. The Balaban J connectivity index is 1.34. The second-order valence-corrected chi connectivity index (χ2v) is 10.5. The minimum absolute atomic E-state index is 0.324. The highest BCUT2D eigenvalue weighted by Crippen LogP contribution is 2.39. The molecule has 1 aromatic rings. The first-order chi connectivity index (χ1) is 15.3. The van der Waals surface area contributed by atoms with Crippen LogP contribution >= 0.6 is 0 Å². The van der Waals surface area contributed by atoms with E-state index in [9.17, 15) is 22.0 Å². The summed E-state index contributed by atoms with van der Waals surface area (Å²) in [5.41, 5.74) is -1.46. The van der Waals surface area contributed by atoms with Crippen LogP contribution < -0.4 is 0 Å². The maximum atomic E-state index is 13.8. The Morgan fingerprint density at radius 3 is 1.50 bits per heavy atom. The number of hydrogen-bond acceptors (Lipinski definition) is 0. The van der Waals surface area contributed by atoms with Crippen LogP contribution in [0.5, 0.6) is 0 Å². The highest BCUT2D eigenvalue weighted by molar-refractivity contribution is 5.28. The zero-order chi connectivity index (χ0) is 23.1. The lowest BCUT2D eigenvalue weighted by Gasteiger charge is -2.32. The molecule has 0 N–H and O–H groups in total. The van der Waals surface area contributed by atoms with Gasteiger partial charge in [-0.2, -0.15) is 13.2 Å². The molecule has 32 heavy (non-hydrogen) atoms. The van der Waals surface area contributed by atoms with Gasteiger partial charge >= 0.3 is 6.18 Å². The van der Waals surface area contributed by atoms with Crippen LogP contribution in [0.2, 0.25) is 0 Å². The summed E-state index contributed by atoms with van der Waals surface area (Å²) in [5, 5.41) is 0. The van der Waals surface area contributed by atoms with E-state index in [4.69, 9.17) is 0 Å². The van der Waals surface area contributed by atoms with Crippen molar-refractivity contribution in [2.75, 3.05) is 0 Å². The lowest BCUT2D eigenvalue weighted by Crippen LogP contribution is -2.18. The molecule has 0 unspecified atom stereocenters. The third-order valence-corrected chi connectivity index (χ3v) is 8.11. The van der Waals surface area contributed by atoms with Gasteiger partial charge in [-0.05, 0) is 54.2 Å². The van der Waals surface area contributed by atoms with Gasteiger partial charge in [0.25, 0.3) is 0 Å². The van der Waals surface area contributed by atoms with E-state index < -0.39 is 23.4 Å². The van der Waals surface area contributed by atoms with Gasteiger partial charge in [0.2, 0.25) is 0 Å². The Kier molecular flexibility index (Phi) is 9.43. The second-order valence-electron chi connectivity index (χ2n) is 10.5. The molecule has 0 saturated heterocycles. The van der Waals surface area contributed by atoms with Crippen LogP contribution in [0.3, 0.4) is 0 Å². The van der Waals surface area contributed by atoms with E-state index in [2.05, 4.69) is 6.92 Å². The van der Waals surface area contributed by atoms with E-state index >= 15 is 0 Å². The molecular weight excluding hydrogens is 419 g/mol. The van der Waals surface area contributed by atoms with Crippen molar-refractivity contribution >= 4 is 0 Å². The molecule has 0 spiro atoms. The summed E-state index contributed by atoms with van der Waals surface area (Å²) < 4.78 is 65.7. The van der Waals surface area contributed by atoms with Crippen LogP contribution in [0.15, 0.2) is 12.1 Å². The van der Waals surface area contributed by atoms with Crippen LogP contribution in [0, 0.1) is 35.3 Å². The van der Waals surface area contributed by atoms with Gasteiger partial charge < -0.3 is 0 Å². The van der Waals surface area contributed by atoms with Crippen molar-refractivity contribution in [3.63, 3.8) is 0 Å². The van der Waals surface area contributed by atoms with Crippen molar-refractivity contribution in [1.29, 1.82) is 0 Å². The summed E-state index contributed by atoms with van der Waals surface area (Å²) in [4.78, 5) is 0.